The molecular formula is C43H54O6. The van der Waals surface area contributed by atoms with Gasteiger partial charge in [0.15, 0.2) is 0 Å². The van der Waals surface area contributed by atoms with Crippen LogP contribution in [-0.2, 0) is 15.7 Å². The molecule has 0 bridgehead atoms. The summed E-state index contributed by atoms with van der Waals surface area (Å²) >= 11 is 0. The lowest BCUT2D eigenvalue weighted by Gasteiger charge is -2.27. The number of benzene rings is 4. The molecule has 0 spiro atoms. The van der Waals surface area contributed by atoms with E-state index in [-0.39, 0.29) is 30.0 Å². The highest BCUT2D eigenvalue weighted by Crippen LogP contribution is 2.35. The summed E-state index contributed by atoms with van der Waals surface area (Å²) in [5, 5.41) is 19.3. The minimum Gasteiger partial charge on any atom is -0.494 e. The third-order valence-corrected chi connectivity index (χ3v) is 9.51. The molecule has 0 amide bonds. The van der Waals surface area contributed by atoms with E-state index in [9.17, 15) is 5.11 Å². The van der Waals surface area contributed by atoms with E-state index >= 15 is 0 Å². The smallest absolute Gasteiger partial charge is 0.119 e. The van der Waals surface area contributed by atoms with Gasteiger partial charge in [-0.05, 0) is 83.5 Å². The third-order valence-electron chi connectivity index (χ3n) is 9.51. The number of aliphatic hydroxyl groups is 1. The summed E-state index contributed by atoms with van der Waals surface area (Å²) < 4.78 is 17.5. The Kier molecular flexibility index (Phi) is 13.9. The van der Waals surface area contributed by atoms with Crippen molar-refractivity contribution >= 4 is 0 Å². The van der Waals surface area contributed by atoms with Crippen LogP contribution in [0.3, 0.4) is 0 Å². The van der Waals surface area contributed by atoms with Crippen LogP contribution in [0.2, 0.25) is 0 Å². The molecule has 0 aliphatic rings. The first-order valence-corrected chi connectivity index (χ1v) is 17.4. The van der Waals surface area contributed by atoms with Crippen LogP contribution in [0.25, 0.3) is 0 Å². The maximum absolute atomic E-state index is 10.5. The molecule has 4 aromatic carbocycles. The molecule has 0 saturated heterocycles. The summed E-state index contributed by atoms with van der Waals surface area (Å²) in [6.07, 6.45) is 4.74. The van der Waals surface area contributed by atoms with Crippen molar-refractivity contribution in [3.63, 3.8) is 0 Å². The first-order valence-electron chi connectivity index (χ1n) is 17.4. The zero-order valence-electron chi connectivity index (χ0n) is 29.9. The Labute approximate surface area is 293 Å². The van der Waals surface area contributed by atoms with Gasteiger partial charge in [0.05, 0.1) is 19.3 Å². The molecule has 49 heavy (non-hydrogen) atoms. The fourth-order valence-corrected chi connectivity index (χ4v) is 5.95. The van der Waals surface area contributed by atoms with Gasteiger partial charge in [-0.15, -0.1) is 0 Å². The molecule has 0 aromatic heterocycles. The molecule has 2 N–H and O–H groups in total. The Bertz CT molecular complexity index is 1540. The Balaban J connectivity index is 1.13. The summed E-state index contributed by atoms with van der Waals surface area (Å²) in [5.41, 5.74) is 5.62. The molecule has 0 radical (unpaired) electrons. The number of aliphatic hydroxyl groups excluding tert-OH is 1. The van der Waals surface area contributed by atoms with Gasteiger partial charge in [-0.25, -0.2) is 4.89 Å². The Morgan fingerprint density at radius 2 is 1.06 bits per heavy atom. The van der Waals surface area contributed by atoms with Gasteiger partial charge in [0.1, 0.15) is 30.5 Å². The van der Waals surface area contributed by atoms with E-state index in [0.29, 0.717) is 19.6 Å². The summed E-state index contributed by atoms with van der Waals surface area (Å²) in [5.74, 6) is 2.58. The molecule has 4 aromatic rings. The maximum atomic E-state index is 10.5. The monoisotopic (exact) mass is 666 g/mol. The molecule has 0 aliphatic carbocycles. The number of hydrogen-bond acceptors (Lipinski definition) is 6. The van der Waals surface area contributed by atoms with Crippen LogP contribution in [0, 0.1) is 0 Å². The van der Waals surface area contributed by atoms with Gasteiger partial charge in [0, 0.05) is 16.7 Å². The van der Waals surface area contributed by atoms with E-state index in [2.05, 4.69) is 99.8 Å². The molecule has 2 unspecified atom stereocenters. The largest absolute Gasteiger partial charge is 0.494 e. The maximum Gasteiger partial charge on any atom is 0.119 e. The zero-order valence-corrected chi connectivity index (χ0v) is 29.9. The summed E-state index contributed by atoms with van der Waals surface area (Å²) in [6.45, 7) is 16.3. The van der Waals surface area contributed by atoms with Gasteiger partial charge in [-0.3, -0.25) is 5.26 Å². The molecule has 0 aliphatic heterocycles. The molecule has 6 heteroatoms. The highest BCUT2D eigenvalue weighted by molar-refractivity contribution is 5.43. The van der Waals surface area contributed by atoms with E-state index in [0.717, 1.165) is 42.1 Å². The van der Waals surface area contributed by atoms with Crippen LogP contribution in [0.5, 0.6) is 17.2 Å². The van der Waals surface area contributed by atoms with Crippen molar-refractivity contribution in [3.05, 3.63) is 138 Å². The number of unbranched alkanes of at least 4 members (excludes halogenated alkanes) is 2. The van der Waals surface area contributed by atoms with Gasteiger partial charge < -0.3 is 19.3 Å². The lowest BCUT2D eigenvalue weighted by molar-refractivity contribution is -0.245. The molecule has 4 rings (SSSR count). The second-order valence-electron chi connectivity index (χ2n) is 13.9. The Morgan fingerprint density at radius 1 is 0.612 bits per heavy atom. The first kappa shape index (κ1) is 37.7. The summed E-state index contributed by atoms with van der Waals surface area (Å²) in [6, 6.07) is 33.2. The van der Waals surface area contributed by atoms with Crippen LogP contribution in [-0.4, -0.2) is 42.9 Å². The predicted molar refractivity (Wildman–Crippen MR) is 198 cm³/mol. The molecule has 0 fully saturated rings. The van der Waals surface area contributed by atoms with Crippen LogP contribution < -0.4 is 14.2 Å². The van der Waals surface area contributed by atoms with Gasteiger partial charge in [0.2, 0.25) is 0 Å². The van der Waals surface area contributed by atoms with Crippen LogP contribution in [0.1, 0.15) is 94.0 Å². The quantitative estimate of drug-likeness (QED) is 0.0423. The fraction of sp³-hybridized carbons (Fsp3) is 0.395. The second-order valence-corrected chi connectivity index (χ2v) is 13.9. The lowest BCUT2D eigenvalue weighted by Crippen LogP contribution is -2.19. The number of hydrogen-bond donors (Lipinski definition) is 2. The van der Waals surface area contributed by atoms with Crippen molar-refractivity contribution in [2.24, 2.45) is 0 Å². The van der Waals surface area contributed by atoms with Crippen molar-refractivity contribution in [3.8, 4) is 17.2 Å². The van der Waals surface area contributed by atoms with Gasteiger partial charge in [0.25, 0.3) is 0 Å². The molecular weight excluding hydrogens is 612 g/mol. The molecule has 2 atom stereocenters. The fourth-order valence-electron chi connectivity index (χ4n) is 5.95. The minimum absolute atomic E-state index is 0.130. The Hall–Kier alpha value is -4.10. The van der Waals surface area contributed by atoms with Crippen molar-refractivity contribution in [2.75, 3.05) is 26.4 Å². The van der Waals surface area contributed by atoms with E-state index in [1.807, 2.05) is 43.3 Å². The van der Waals surface area contributed by atoms with Gasteiger partial charge >= 0.3 is 0 Å². The number of rotatable bonds is 20. The lowest BCUT2D eigenvalue weighted by atomic mass is 9.77. The molecule has 262 valence electrons. The topological polar surface area (TPSA) is 77.4 Å². The van der Waals surface area contributed by atoms with E-state index < -0.39 is 6.10 Å². The summed E-state index contributed by atoms with van der Waals surface area (Å²) in [4.78, 5) is 4.31. The average Bonchev–Trinajstić information content (AvgIpc) is 3.12. The molecule has 6 nitrogen and oxygen atoms in total. The van der Waals surface area contributed by atoms with Crippen molar-refractivity contribution < 1.29 is 29.5 Å². The standard InChI is InChI=1S/C43H54O6/c1-7-28-46-39-22-16-36(17-23-39)43(5,6)37-20-26-41(27-21-37)48-31-38(44)11-9-8-10-29-47-40-24-18-35(19-25-40)42(3,4)34-14-12-33(13-15-34)32(2)30-49-45/h7,12-27,32,38,44-45H,1,8-11,28-31H2,2-6H3. The summed E-state index contributed by atoms with van der Waals surface area (Å²) in [7, 11) is 0. The highest BCUT2D eigenvalue weighted by Gasteiger charge is 2.24. The Morgan fingerprint density at radius 3 is 1.53 bits per heavy atom. The SMILES string of the molecule is C=CCOc1ccc(C(C)(C)c2ccc(OCC(O)CCCCCOc3ccc(C(C)(C)c4ccc(C(C)COO)cc4)cc3)cc2)cc1. The van der Waals surface area contributed by atoms with Gasteiger partial charge in [-0.1, -0.05) is 114 Å². The van der Waals surface area contributed by atoms with Crippen LogP contribution in [0.15, 0.2) is 110 Å². The van der Waals surface area contributed by atoms with Crippen molar-refractivity contribution in [1.82, 2.24) is 0 Å². The normalized spacial score (nSPS) is 13.0. The van der Waals surface area contributed by atoms with Gasteiger partial charge in [-0.2, -0.15) is 0 Å². The highest BCUT2D eigenvalue weighted by atomic mass is 17.1. The number of ether oxygens (including phenoxy) is 3. The van der Waals surface area contributed by atoms with E-state index in [4.69, 9.17) is 19.5 Å². The predicted octanol–water partition coefficient (Wildman–Crippen LogP) is 9.88. The van der Waals surface area contributed by atoms with Crippen LogP contribution >= 0.6 is 0 Å². The van der Waals surface area contributed by atoms with E-state index in [1.54, 1.807) is 6.08 Å². The van der Waals surface area contributed by atoms with Crippen molar-refractivity contribution in [2.45, 2.75) is 83.2 Å². The molecule has 0 saturated carbocycles. The molecule has 0 heterocycles. The van der Waals surface area contributed by atoms with Crippen molar-refractivity contribution in [1.29, 1.82) is 0 Å². The second kappa shape index (κ2) is 18.1. The average molecular weight is 667 g/mol. The minimum atomic E-state index is -0.510. The third kappa shape index (κ3) is 10.7. The van der Waals surface area contributed by atoms with E-state index in [1.165, 1.54) is 22.3 Å². The first-order chi connectivity index (χ1) is 23.5. The zero-order chi connectivity index (χ0) is 35.3. The van der Waals surface area contributed by atoms with Crippen LogP contribution in [0.4, 0.5) is 0 Å².